The van der Waals surface area contributed by atoms with E-state index < -0.39 is 72.1 Å². The van der Waals surface area contributed by atoms with Crippen LogP contribution >= 0.6 is 0 Å². The highest BCUT2D eigenvalue weighted by Crippen LogP contribution is 2.16. The summed E-state index contributed by atoms with van der Waals surface area (Å²) in [6, 6.07) is 50.0. The molecule has 0 radical (unpaired) electrons. The zero-order chi connectivity index (χ0) is 67.1. The van der Waals surface area contributed by atoms with E-state index in [-0.39, 0.29) is 62.5 Å². The van der Waals surface area contributed by atoms with Crippen LogP contribution in [0.15, 0.2) is 182 Å². The lowest BCUT2D eigenvalue weighted by molar-refractivity contribution is -0.132. The van der Waals surface area contributed by atoms with Crippen molar-refractivity contribution in [2.45, 2.75) is 180 Å². The van der Waals surface area contributed by atoms with E-state index in [9.17, 15) is 38.4 Å². The highest BCUT2D eigenvalue weighted by atomic mass is 16.6. The van der Waals surface area contributed by atoms with Gasteiger partial charge in [0, 0.05) is 38.8 Å². The number of hydrogen-bond acceptors (Lipinski definition) is 10. The van der Waals surface area contributed by atoms with Crippen molar-refractivity contribution >= 4 is 47.6 Å². The monoisotopic (exact) mass is 1280 g/mol. The number of ether oxygens (including phenoxy) is 2. The summed E-state index contributed by atoms with van der Waals surface area (Å²) in [5.41, 5.74) is 4.92. The molecule has 6 rings (SSSR count). The third kappa shape index (κ3) is 29.1. The highest BCUT2D eigenvalue weighted by Gasteiger charge is 2.33. The van der Waals surface area contributed by atoms with Crippen molar-refractivity contribution in [1.29, 1.82) is 0 Å². The first-order chi connectivity index (χ1) is 45.6. The molecule has 6 aromatic rings. The number of amides is 8. The van der Waals surface area contributed by atoms with Crippen molar-refractivity contribution < 1.29 is 47.8 Å². The fraction of sp³-hybridized carbons (Fsp3) is 0.421. The Bertz CT molecular complexity index is 2980. The molecule has 8 N–H and O–H groups in total. The van der Waals surface area contributed by atoms with Crippen LogP contribution in [0.3, 0.4) is 0 Å². The van der Waals surface area contributed by atoms with Gasteiger partial charge in [0.25, 0.3) is 0 Å². The van der Waals surface area contributed by atoms with Gasteiger partial charge in [0.15, 0.2) is 0 Å². The molecule has 0 aliphatic rings. The molecule has 0 saturated carbocycles. The molecule has 0 saturated heterocycles. The first-order valence-corrected chi connectivity index (χ1v) is 33.5. The Morgan fingerprint density at radius 1 is 0.277 bits per heavy atom. The average molecular weight is 1280 g/mol. The van der Waals surface area contributed by atoms with Crippen molar-refractivity contribution in [3.05, 3.63) is 215 Å². The maximum Gasteiger partial charge on any atom is 0.408 e. The van der Waals surface area contributed by atoms with Crippen LogP contribution in [0.5, 0.6) is 0 Å². The summed E-state index contributed by atoms with van der Waals surface area (Å²) in [5, 5.41) is 23.3. The lowest BCUT2D eigenvalue weighted by atomic mass is 10.0. The number of carbonyl (C=O) groups is 8. The molecule has 0 aromatic heterocycles. The maximum atomic E-state index is 14.3. The molecule has 502 valence electrons. The van der Waals surface area contributed by atoms with E-state index in [4.69, 9.17) is 9.47 Å². The topological polar surface area (TPSA) is 251 Å². The first kappa shape index (κ1) is 73.7. The van der Waals surface area contributed by atoms with Crippen LogP contribution in [0, 0.1) is 11.8 Å². The molecule has 8 amide bonds. The van der Waals surface area contributed by atoms with Crippen LogP contribution in [0.2, 0.25) is 0 Å². The van der Waals surface area contributed by atoms with E-state index in [1.165, 1.54) is 0 Å². The molecular formula is C76H98N8O10. The second-order valence-corrected chi connectivity index (χ2v) is 24.9. The number of carbonyl (C=O) groups excluding carboxylic acids is 8. The Morgan fingerprint density at radius 2 is 0.500 bits per heavy atom. The molecule has 0 heterocycles. The Kier molecular flexibility index (Phi) is 33.0. The van der Waals surface area contributed by atoms with Gasteiger partial charge in [-0.25, -0.2) is 9.59 Å². The number of hydrogen-bond donors (Lipinski definition) is 8. The predicted octanol–water partition coefficient (Wildman–Crippen LogP) is 10.7. The van der Waals surface area contributed by atoms with Gasteiger partial charge in [-0.1, -0.05) is 261 Å². The number of alkyl carbamates (subject to hydrolysis) is 2. The quantitative estimate of drug-likeness (QED) is 0.0169. The summed E-state index contributed by atoms with van der Waals surface area (Å²) in [4.78, 5) is 111. The van der Waals surface area contributed by atoms with E-state index in [2.05, 4.69) is 42.5 Å². The standard InChI is InChI=1S/C76H98N8O10/c1-55(2)47-63(83-75(91)93-53-61-41-27-17-28-42-61)71(87)81-67(51-59-37-23-15-24-38-59)73(89)79-65(49-57-33-19-13-20-34-57)69(85)77-45-31-11-9-7-5-6-8-10-12-32-46-78-70(86)66(50-58-35-21-14-22-36-58)80-74(90)68(52-60-39-25-16-26-40-60)82-72(88)64(48-56(3)4)84-76(92)94-54-62-43-29-18-30-44-62/h13-30,33-44,55-56,63-68H,5-12,31-32,45-54H2,1-4H3,(H,77,85)(H,78,86)(H,79,89)(H,80,90)(H,81,87)(H,82,88)(H,83,91)(H,84,92)/t63-,64-,65-,66-,67-,68-/m0/s1. The van der Waals surface area contributed by atoms with Gasteiger partial charge in [0.1, 0.15) is 49.5 Å². The number of rotatable bonds is 41. The molecule has 0 fully saturated rings. The number of nitrogens with one attached hydrogen (secondary N) is 8. The molecular weight excluding hydrogens is 1180 g/mol. The van der Waals surface area contributed by atoms with Gasteiger partial charge in [0.2, 0.25) is 35.4 Å². The lowest BCUT2D eigenvalue weighted by Crippen LogP contribution is -2.58. The normalized spacial score (nSPS) is 13.0. The molecule has 0 aliphatic carbocycles. The lowest BCUT2D eigenvalue weighted by Gasteiger charge is -2.26. The third-order valence-electron chi connectivity index (χ3n) is 15.9. The van der Waals surface area contributed by atoms with Crippen molar-refractivity contribution in [2.24, 2.45) is 11.8 Å². The van der Waals surface area contributed by atoms with Crippen LogP contribution < -0.4 is 42.5 Å². The molecule has 18 nitrogen and oxygen atoms in total. The van der Waals surface area contributed by atoms with Gasteiger partial charge >= 0.3 is 12.2 Å². The minimum Gasteiger partial charge on any atom is -0.445 e. The van der Waals surface area contributed by atoms with Gasteiger partial charge in [-0.15, -0.1) is 0 Å². The van der Waals surface area contributed by atoms with Gasteiger partial charge < -0.3 is 52.0 Å². The van der Waals surface area contributed by atoms with Crippen molar-refractivity contribution in [1.82, 2.24) is 42.5 Å². The summed E-state index contributed by atoms with van der Waals surface area (Å²) in [7, 11) is 0. The largest absolute Gasteiger partial charge is 0.445 e. The molecule has 0 bridgehead atoms. The highest BCUT2D eigenvalue weighted by molar-refractivity contribution is 5.95. The predicted molar refractivity (Wildman–Crippen MR) is 367 cm³/mol. The van der Waals surface area contributed by atoms with Crippen LogP contribution in [0.25, 0.3) is 0 Å². The van der Waals surface area contributed by atoms with Gasteiger partial charge in [-0.05, 0) is 70.9 Å². The summed E-state index contributed by atoms with van der Waals surface area (Å²) < 4.78 is 10.9. The van der Waals surface area contributed by atoms with E-state index in [1.807, 2.05) is 210 Å². The van der Waals surface area contributed by atoms with E-state index in [1.54, 1.807) is 0 Å². The zero-order valence-electron chi connectivity index (χ0n) is 55.2. The summed E-state index contributed by atoms with van der Waals surface area (Å²) in [6.45, 7) is 8.67. The fourth-order valence-corrected chi connectivity index (χ4v) is 10.9. The molecule has 0 spiro atoms. The van der Waals surface area contributed by atoms with E-state index in [0.717, 1.165) is 97.6 Å². The van der Waals surface area contributed by atoms with E-state index in [0.29, 0.717) is 25.9 Å². The maximum absolute atomic E-state index is 14.3. The van der Waals surface area contributed by atoms with Crippen LogP contribution in [-0.2, 0) is 77.1 Å². The SMILES string of the molecule is CC(C)C[C@H](NC(=O)OCc1ccccc1)C(=O)N[C@@H](Cc1ccccc1)C(=O)N[C@@H](Cc1ccccc1)C(=O)NCCCCCCCCCCCCNC(=O)[C@H](Cc1ccccc1)NC(=O)[C@H](Cc1ccccc1)NC(=O)[C@H](CC(C)C)NC(=O)OCc1ccccc1. The smallest absolute Gasteiger partial charge is 0.408 e. The Hall–Kier alpha value is -9.32. The van der Waals surface area contributed by atoms with Crippen LogP contribution in [0.4, 0.5) is 9.59 Å². The van der Waals surface area contributed by atoms with Gasteiger partial charge in [0.05, 0.1) is 0 Å². The first-order valence-electron chi connectivity index (χ1n) is 33.5. The van der Waals surface area contributed by atoms with Gasteiger partial charge in [-0.3, -0.25) is 28.8 Å². The van der Waals surface area contributed by atoms with E-state index >= 15 is 0 Å². The third-order valence-corrected chi connectivity index (χ3v) is 15.9. The summed E-state index contributed by atoms with van der Waals surface area (Å²) in [5.74, 6) is -2.75. The summed E-state index contributed by atoms with van der Waals surface area (Å²) in [6.07, 6.45) is 9.48. The fourth-order valence-electron chi connectivity index (χ4n) is 10.9. The van der Waals surface area contributed by atoms with Crippen molar-refractivity contribution in [3.8, 4) is 0 Å². The number of benzene rings is 6. The molecule has 6 aromatic carbocycles. The molecule has 6 atom stereocenters. The van der Waals surface area contributed by atoms with Crippen LogP contribution in [0.1, 0.15) is 138 Å². The molecule has 0 aliphatic heterocycles. The molecule has 94 heavy (non-hydrogen) atoms. The minimum absolute atomic E-state index is 0.0202. The van der Waals surface area contributed by atoms with Crippen LogP contribution in [-0.4, -0.2) is 97.0 Å². The average Bonchev–Trinajstić information content (AvgIpc) is 0.991. The summed E-state index contributed by atoms with van der Waals surface area (Å²) >= 11 is 0. The Morgan fingerprint density at radius 3 is 0.755 bits per heavy atom. The molecule has 18 heteroatoms. The Balaban J connectivity index is 0.925. The van der Waals surface area contributed by atoms with Gasteiger partial charge in [-0.2, -0.15) is 0 Å². The number of unbranched alkanes of at least 4 members (excludes halogenated alkanes) is 9. The minimum atomic E-state index is -1.07. The van der Waals surface area contributed by atoms with Crippen molar-refractivity contribution in [3.63, 3.8) is 0 Å². The van der Waals surface area contributed by atoms with Crippen molar-refractivity contribution in [2.75, 3.05) is 13.1 Å². The second kappa shape index (κ2) is 42.0. The second-order valence-electron chi connectivity index (χ2n) is 24.9. The Labute approximate surface area is 555 Å². The molecule has 0 unspecified atom stereocenters. The zero-order valence-corrected chi connectivity index (χ0v) is 55.2.